The van der Waals surface area contributed by atoms with Crippen LogP contribution in [-0.4, -0.2) is 62.1 Å². The van der Waals surface area contributed by atoms with E-state index in [0.29, 0.717) is 13.1 Å². The lowest BCUT2D eigenvalue weighted by Gasteiger charge is -2.29. The van der Waals surface area contributed by atoms with Gasteiger partial charge in [-0.05, 0) is 24.6 Å². The SMILES string of the molecule is CCN(Cc1ccc(OC)cc1)C(=O)CN1CCNCC1. The Bertz CT molecular complexity index is 441. The minimum atomic E-state index is 0.204. The Balaban J connectivity index is 1.89. The minimum absolute atomic E-state index is 0.204. The van der Waals surface area contributed by atoms with Crippen molar-refractivity contribution in [3.8, 4) is 5.75 Å². The van der Waals surface area contributed by atoms with Crippen molar-refractivity contribution in [3.05, 3.63) is 29.8 Å². The quantitative estimate of drug-likeness (QED) is 0.847. The summed E-state index contributed by atoms with van der Waals surface area (Å²) in [5, 5.41) is 3.30. The van der Waals surface area contributed by atoms with Crippen LogP contribution < -0.4 is 10.1 Å². The molecule has 0 saturated carbocycles. The average molecular weight is 291 g/mol. The number of likely N-dealkylation sites (N-methyl/N-ethyl adjacent to an activating group) is 1. The first kappa shape index (κ1) is 15.8. The maximum absolute atomic E-state index is 12.4. The number of methoxy groups -OCH3 is 1. The van der Waals surface area contributed by atoms with Crippen molar-refractivity contribution in [2.45, 2.75) is 13.5 Å². The Morgan fingerprint density at radius 2 is 1.95 bits per heavy atom. The van der Waals surface area contributed by atoms with Gasteiger partial charge in [0.25, 0.3) is 0 Å². The van der Waals surface area contributed by atoms with Gasteiger partial charge in [-0.25, -0.2) is 0 Å². The number of benzene rings is 1. The third-order valence-electron chi connectivity index (χ3n) is 3.84. The molecule has 1 heterocycles. The molecule has 1 amide bonds. The van der Waals surface area contributed by atoms with Gasteiger partial charge in [0.15, 0.2) is 0 Å². The Morgan fingerprint density at radius 1 is 1.29 bits per heavy atom. The second kappa shape index (κ2) is 8.00. The van der Waals surface area contributed by atoms with Crippen LogP contribution in [0.1, 0.15) is 12.5 Å². The van der Waals surface area contributed by atoms with E-state index in [-0.39, 0.29) is 5.91 Å². The molecule has 5 heteroatoms. The summed E-state index contributed by atoms with van der Waals surface area (Å²) in [7, 11) is 1.66. The van der Waals surface area contributed by atoms with Crippen molar-refractivity contribution >= 4 is 5.91 Å². The minimum Gasteiger partial charge on any atom is -0.497 e. The van der Waals surface area contributed by atoms with Crippen molar-refractivity contribution in [3.63, 3.8) is 0 Å². The zero-order chi connectivity index (χ0) is 15.1. The standard InChI is InChI=1S/C16H25N3O2/c1-3-19(12-14-4-6-15(21-2)7-5-14)16(20)13-18-10-8-17-9-11-18/h4-7,17H,3,8-13H2,1-2H3. The number of hydrogen-bond donors (Lipinski definition) is 1. The summed E-state index contributed by atoms with van der Waals surface area (Å²) in [5.41, 5.74) is 1.13. The lowest BCUT2D eigenvalue weighted by Crippen LogP contribution is -2.48. The zero-order valence-corrected chi connectivity index (χ0v) is 13.0. The first-order valence-corrected chi connectivity index (χ1v) is 7.56. The summed E-state index contributed by atoms with van der Waals surface area (Å²) in [6.07, 6.45) is 0. The highest BCUT2D eigenvalue weighted by Gasteiger charge is 2.18. The molecule has 5 nitrogen and oxygen atoms in total. The van der Waals surface area contributed by atoms with Crippen molar-refractivity contribution in [2.75, 3.05) is 46.4 Å². The molecule has 116 valence electrons. The number of ether oxygens (including phenoxy) is 1. The predicted molar refractivity (Wildman–Crippen MR) is 83.4 cm³/mol. The molecule has 1 aliphatic heterocycles. The first-order valence-electron chi connectivity index (χ1n) is 7.56. The van der Waals surface area contributed by atoms with Gasteiger partial charge in [-0.1, -0.05) is 12.1 Å². The summed E-state index contributed by atoms with van der Waals surface area (Å²) in [6, 6.07) is 7.90. The molecule has 1 aromatic rings. The molecule has 0 bridgehead atoms. The molecule has 1 aromatic carbocycles. The van der Waals surface area contributed by atoms with Crippen LogP contribution in [0.2, 0.25) is 0 Å². The number of carbonyl (C=O) groups is 1. The van der Waals surface area contributed by atoms with Crippen LogP contribution in [0.15, 0.2) is 24.3 Å². The molecule has 1 saturated heterocycles. The fraction of sp³-hybridized carbons (Fsp3) is 0.562. The van der Waals surface area contributed by atoms with Crippen LogP contribution >= 0.6 is 0 Å². The Morgan fingerprint density at radius 3 is 2.52 bits per heavy atom. The molecule has 0 spiro atoms. The van der Waals surface area contributed by atoms with E-state index in [0.717, 1.165) is 44.0 Å². The van der Waals surface area contributed by atoms with Gasteiger partial charge in [-0.2, -0.15) is 0 Å². The molecule has 0 aromatic heterocycles. The number of nitrogens with one attached hydrogen (secondary N) is 1. The summed E-state index contributed by atoms with van der Waals surface area (Å²) >= 11 is 0. The highest BCUT2D eigenvalue weighted by Crippen LogP contribution is 2.13. The molecule has 0 radical (unpaired) electrons. The van der Waals surface area contributed by atoms with Crippen LogP contribution in [-0.2, 0) is 11.3 Å². The van der Waals surface area contributed by atoms with E-state index in [4.69, 9.17) is 4.74 Å². The van der Waals surface area contributed by atoms with Crippen molar-refractivity contribution < 1.29 is 9.53 Å². The average Bonchev–Trinajstić information content (AvgIpc) is 2.54. The number of rotatable bonds is 6. The topological polar surface area (TPSA) is 44.8 Å². The van der Waals surface area contributed by atoms with Crippen LogP contribution in [0, 0.1) is 0 Å². The molecular weight excluding hydrogens is 266 g/mol. The molecule has 21 heavy (non-hydrogen) atoms. The van der Waals surface area contributed by atoms with Crippen molar-refractivity contribution in [2.24, 2.45) is 0 Å². The van der Waals surface area contributed by atoms with Crippen LogP contribution in [0.5, 0.6) is 5.75 Å². The Hall–Kier alpha value is -1.59. The van der Waals surface area contributed by atoms with Gasteiger partial charge in [0.05, 0.1) is 13.7 Å². The van der Waals surface area contributed by atoms with E-state index in [1.165, 1.54) is 0 Å². The summed E-state index contributed by atoms with van der Waals surface area (Å²) in [4.78, 5) is 16.5. The second-order valence-corrected chi connectivity index (χ2v) is 5.28. The molecule has 1 fully saturated rings. The van der Waals surface area contributed by atoms with Gasteiger partial charge in [0.1, 0.15) is 5.75 Å². The number of carbonyl (C=O) groups excluding carboxylic acids is 1. The molecule has 0 atom stereocenters. The summed E-state index contributed by atoms with van der Waals surface area (Å²) in [5.74, 6) is 1.05. The third kappa shape index (κ3) is 4.72. The summed E-state index contributed by atoms with van der Waals surface area (Å²) in [6.45, 7) is 7.78. The molecule has 0 unspecified atom stereocenters. The van der Waals surface area contributed by atoms with E-state index >= 15 is 0 Å². The fourth-order valence-corrected chi connectivity index (χ4v) is 2.49. The van der Waals surface area contributed by atoms with Gasteiger partial charge < -0.3 is 15.0 Å². The zero-order valence-electron chi connectivity index (χ0n) is 13.0. The van der Waals surface area contributed by atoms with Crippen LogP contribution in [0.25, 0.3) is 0 Å². The molecule has 0 aliphatic carbocycles. The fourth-order valence-electron chi connectivity index (χ4n) is 2.49. The van der Waals surface area contributed by atoms with E-state index < -0.39 is 0 Å². The van der Waals surface area contributed by atoms with Crippen LogP contribution in [0.4, 0.5) is 0 Å². The lowest BCUT2D eigenvalue weighted by atomic mass is 10.2. The smallest absolute Gasteiger partial charge is 0.237 e. The highest BCUT2D eigenvalue weighted by atomic mass is 16.5. The van der Waals surface area contributed by atoms with Gasteiger partial charge in [0, 0.05) is 39.3 Å². The number of nitrogens with zero attached hydrogens (tertiary/aromatic N) is 2. The predicted octanol–water partition coefficient (Wildman–Crippen LogP) is 0.949. The Labute approximate surface area is 126 Å². The monoisotopic (exact) mass is 291 g/mol. The molecule has 2 rings (SSSR count). The second-order valence-electron chi connectivity index (χ2n) is 5.28. The first-order chi connectivity index (χ1) is 10.2. The van der Waals surface area contributed by atoms with Gasteiger partial charge in [0.2, 0.25) is 5.91 Å². The van der Waals surface area contributed by atoms with Crippen molar-refractivity contribution in [1.82, 2.24) is 15.1 Å². The number of piperazine rings is 1. The largest absolute Gasteiger partial charge is 0.497 e. The van der Waals surface area contributed by atoms with E-state index in [1.54, 1.807) is 7.11 Å². The number of amides is 1. The van der Waals surface area contributed by atoms with E-state index in [1.807, 2.05) is 36.1 Å². The van der Waals surface area contributed by atoms with E-state index in [9.17, 15) is 4.79 Å². The maximum Gasteiger partial charge on any atom is 0.237 e. The third-order valence-corrected chi connectivity index (χ3v) is 3.84. The van der Waals surface area contributed by atoms with Gasteiger partial charge >= 0.3 is 0 Å². The molecular formula is C16H25N3O2. The number of hydrogen-bond acceptors (Lipinski definition) is 4. The molecule has 1 N–H and O–H groups in total. The highest BCUT2D eigenvalue weighted by molar-refractivity contribution is 5.78. The van der Waals surface area contributed by atoms with E-state index in [2.05, 4.69) is 10.2 Å². The van der Waals surface area contributed by atoms with Gasteiger partial charge in [-0.3, -0.25) is 9.69 Å². The normalized spacial score (nSPS) is 15.7. The van der Waals surface area contributed by atoms with Crippen molar-refractivity contribution in [1.29, 1.82) is 0 Å². The Kier molecular flexibility index (Phi) is 6.02. The lowest BCUT2D eigenvalue weighted by molar-refractivity contribution is -0.133. The summed E-state index contributed by atoms with van der Waals surface area (Å²) < 4.78 is 5.16. The maximum atomic E-state index is 12.4. The van der Waals surface area contributed by atoms with Gasteiger partial charge in [-0.15, -0.1) is 0 Å². The van der Waals surface area contributed by atoms with Crippen LogP contribution in [0.3, 0.4) is 0 Å². The molecule has 1 aliphatic rings.